The zero-order valence-electron chi connectivity index (χ0n) is 22.5. The summed E-state index contributed by atoms with van der Waals surface area (Å²) in [5, 5.41) is 10.4. The van der Waals surface area contributed by atoms with E-state index < -0.39 is 17.6 Å². The van der Waals surface area contributed by atoms with Gasteiger partial charge in [-0.25, -0.2) is 4.39 Å². The molecule has 0 aliphatic carbocycles. The van der Waals surface area contributed by atoms with Crippen molar-refractivity contribution in [2.24, 2.45) is 5.73 Å². The molecule has 0 saturated heterocycles. The summed E-state index contributed by atoms with van der Waals surface area (Å²) < 4.78 is 39.7. The molecule has 0 unspecified atom stereocenters. The van der Waals surface area contributed by atoms with E-state index in [9.17, 15) is 23.5 Å². The third-order valence-corrected chi connectivity index (χ3v) is 6.50. The van der Waals surface area contributed by atoms with Crippen molar-refractivity contribution in [2.75, 3.05) is 13.2 Å². The minimum Gasteiger partial charge on any atom is -0.494 e. The summed E-state index contributed by atoms with van der Waals surface area (Å²) in [6.45, 7) is 0.538. The molecule has 0 aliphatic rings. The van der Waals surface area contributed by atoms with Gasteiger partial charge in [-0.1, -0.05) is 48.6 Å². The van der Waals surface area contributed by atoms with Gasteiger partial charge in [-0.05, 0) is 66.6 Å². The highest BCUT2D eigenvalue weighted by Crippen LogP contribution is 2.28. The number of ether oxygens (including phenoxy) is 2. The van der Waals surface area contributed by atoms with Crippen LogP contribution in [0, 0.1) is 11.6 Å². The van der Waals surface area contributed by atoms with Crippen LogP contribution in [0.5, 0.6) is 11.5 Å². The predicted octanol–water partition coefficient (Wildman–Crippen LogP) is 6.22. The molecule has 0 bridgehead atoms. The number of carboxylic acids is 1. The van der Waals surface area contributed by atoms with Gasteiger partial charge in [0.15, 0.2) is 11.6 Å². The Morgan fingerprint density at radius 3 is 2.37 bits per heavy atom. The summed E-state index contributed by atoms with van der Waals surface area (Å²) in [6, 6.07) is 17.3. The molecule has 0 radical (unpaired) electrons. The third-order valence-electron chi connectivity index (χ3n) is 6.50. The quantitative estimate of drug-likeness (QED) is 0.132. The molecular weight excluding hydrogens is 530 g/mol. The molecule has 1 aromatic heterocycles. The fourth-order valence-corrected chi connectivity index (χ4v) is 4.55. The van der Waals surface area contributed by atoms with Crippen molar-refractivity contribution < 1.29 is 33.0 Å². The van der Waals surface area contributed by atoms with Crippen molar-refractivity contribution in [1.29, 1.82) is 0 Å². The molecule has 214 valence electrons. The number of hydrogen-bond acceptors (Lipinski definition) is 4. The topological polar surface area (TPSA) is 104 Å². The summed E-state index contributed by atoms with van der Waals surface area (Å²) >= 11 is 0. The largest absolute Gasteiger partial charge is 0.494 e. The highest BCUT2D eigenvalue weighted by Gasteiger charge is 2.13. The Morgan fingerprint density at radius 1 is 0.902 bits per heavy atom. The SMILES string of the molecule is NC(=O)CCCc1cn(CC(=O)O)c2c(/C=C/c3ccc(OCCCCOc4cccc(F)c4F)cc3)cccc12. The molecule has 3 aromatic carbocycles. The normalized spacial score (nSPS) is 11.3. The number of carboxylic acid groups (broad SMARTS) is 1. The lowest BCUT2D eigenvalue weighted by atomic mass is 10.0. The van der Waals surface area contributed by atoms with Crippen molar-refractivity contribution in [3.05, 3.63) is 95.2 Å². The smallest absolute Gasteiger partial charge is 0.323 e. The number of carbonyl (C=O) groups excluding carboxylic acids is 1. The van der Waals surface area contributed by atoms with E-state index in [2.05, 4.69) is 0 Å². The molecule has 4 rings (SSSR count). The number of fused-ring (bicyclic) bond motifs is 1. The Labute approximate surface area is 236 Å². The number of hydrogen-bond donors (Lipinski definition) is 2. The molecule has 0 saturated carbocycles. The first-order valence-corrected chi connectivity index (χ1v) is 13.4. The van der Waals surface area contributed by atoms with E-state index in [1.54, 1.807) is 4.57 Å². The first-order chi connectivity index (χ1) is 19.8. The van der Waals surface area contributed by atoms with Crippen LogP contribution in [0.15, 0.2) is 66.9 Å². The summed E-state index contributed by atoms with van der Waals surface area (Å²) in [5.41, 5.74) is 8.90. The number of nitrogens with two attached hydrogens (primary N) is 1. The maximum absolute atomic E-state index is 13.6. The summed E-state index contributed by atoms with van der Waals surface area (Å²) in [6.07, 6.45) is 8.55. The van der Waals surface area contributed by atoms with E-state index in [0.29, 0.717) is 38.0 Å². The third kappa shape index (κ3) is 8.17. The van der Waals surface area contributed by atoms with E-state index in [-0.39, 0.29) is 31.2 Å². The zero-order valence-corrected chi connectivity index (χ0v) is 22.5. The van der Waals surface area contributed by atoms with Gasteiger partial charge < -0.3 is 24.9 Å². The second-order valence-corrected chi connectivity index (χ2v) is 9.60. The lowest BCUT2D eigenvalue weighted by Crippen LogP contribution is -2.10. The Hall–Kier alpha value is -4.66. The minimum absolute atomic E-state index is 0.0958. The van der Waals surface area contributed by atoms with Crippen molar-refractivity contribution >= 4 is 34.9 Å². The number of primary amides is 1. The van der Waals surface area contributed by atoms with Gasteiger partial charge in [-0.15, -0.1) is 0 Å². The van der Waals surface area contributed by atoms with Gasteiger partial charge in [0.05, 0.1) is 18.7 Å². The summed E-state index contributed by atoms with van der Waals surface area (Å²) in [4.78, 5) is 22.7. The minimum atomic E-state index is -0.981. The summed E-state index contributed by atoms with van der Waals surface area (Å²) in [7, 11) is 0. The molecule has 1 amide bonds. The van der Waals surface area contributed by atoms with Crippen LogP contribution >= 0.6 is 0 Å². The molecule has 0 atom stereocenters. The van der Waals surface area contributed by atoms with Crippen LogP contribution in [0.2, 0.25) is 0 Å². The Balaban J connectivity index is 1.34. The van der Waals surface area contributed by atoms with Gasteiger partial charge in [-0.2, -0.15) is 4.39 Å². The molecule has 0 aliphatic heterocycles. The molecule has 7 nitrogen and oxygen atoms in total. The fourth-order valence-electron chi connectivity index (χ4n) is 4.55. The zero-order chi connectivity index (χ0) is 29.2. The van der Waals surface area contributed by atoms with E-state index in [1.165, 1.54) is 12.1 Å². The van der Waals surface area contributed by atoms with Crippen LogP contribution in [-0.2, 0) is 22.6 Å². The number of amides is 1. The Bertz CT molecular complexity index is 1530. The number of rotatable bonds is 15. The van der Waals surface area contributed by atoms with Crippen LogP contribution in [0.1, 0.15) is 42.4 Å². The van der Waals surface area contributed by atoms with Crippen LogP contribution in [0.3, 0.4) is 0 Å². The second kappa shape index (κ2) is 14.1. The molecule has 4 aromatic rings. The number of unbranched alkanes of at least 4 members (excludes halogenated alkanes) is 1. The Kier molecular flexibility index (Phi) is 10.1. The van der Waals surface area contributed by atoms with Gasteiger partial charge in [0.2, 0.25) is 11.7 Å². The maximum atomic E-state index is 13.6. The van der Waals surface area contributed by atoms with Crippen molar-refractivity contribution in [3.63, 3.8) is 0 Å². The maximum Gasteiger partial charge on any atom is 0.323 e. The highest BCUT2D eigenvalue weighted by atomic mass is 19.2. The van der Waals surface area contributed by atoms with Crippen molar-refractivity contribution in [1.82, 2.24) is 4.57 Å². The highest BCUT2D eigenvalue weighted by molar-refractivity contribution is 5.94. The lowest BCUT2D eigenvalue weighted by molar-refractivity contribution is -0.137. The number of aliphatic carboxylic acids is 1. The molecule has 3 N–H and O–H groups in total. The number of carbonyl (C=O) groups is 2. The molecule has 1 heterocycles. The fraction of sp³-hybridized carbons (Fsp3) is 0.250. The Morgan fingerprint density at radius 2 is 1.63 bits per heavy atom. The summed E-state index contributed by atoms with van der Waals surface area (Å²) in [5.74, 6) is -2.60. The molecule has 0 fully saturated rings. The lowest BCUT2D eigenvalue weighted by Gasteiger charge is -2.09. The number of aryl methyl sites for hydroxylation is 1. The van der Waals surface area contributed by atoms with E-state index in [0.717, 1.165) is 33.7 Å². The van der Waals surface area contributed by atoms with Crippen molar-refractivity contribution in [2.45, 2.75) is 38.6 Å². The molecule has 0 spiro atoms. The second-order valence-electron chi connectivity index (χ2n) is 9.60. The molecular formula is C32H32F2N2O5. The van der Waals surface area contributed by atoms with Gasteiger partial charge in [0, 0.05) is 18.0 Å². The number of aromatic nitrogens is 1. The predicted molar refractivity (Wildman–Crippen MR) is 154 cm³/mol. The first-order valence-electron chi connectivity index (χ1n) is 13.4. The van der Waals surface area contributed by atoms with E-state index in [4.69, 9.17) is 15.2 Å². The number of benzene rings is 3. The van der Waals surface area contributed by atoms with Gasteiger partial charge in [0.25, 0.3) is 0 Å². The molecule has 9 heteroatoms. The van der Waals surface area contributed by atoms with Crippen LogP contribution < -0.4 is 15.2 Å². The van der Waals surface area contributed by atoms with Crippen LogP contribution in [0.25, 0.3) is 23.1 Å². The van der Waals surface area contributed by atoms with E-state index in [1.807, 2.05) is 60.8 Å². The van der Waals surface area contributed by atoms with Gasteiger partial charge >= 0.3 is 5.97 Å². The van der Waals surface area contributed by atoms with Crippen molar-refractivity contribution in [3.8, 4) is 11.5 Å². The molecule has 41 heavy (non-hydrogen) atoms. The number of para-hydroxylation sites is 1. The van der Waals surface area contributed by atoms with Gasteiger partial charge in [0.1, 0.15) is 12.3 Å². The van der Waals surface area contributed by atoms with Gasteiger partial charge in [-0.3, -0.25) is 9.59 Å². The first kappa shape index (κ1) is 29.3. The average molecular weight is 563 g/mol. The number of halogens is 2. The van der Waals surface area contributed by atoms with Crippen LogP contribution in [0.4, 0.5) is 8.78 Å². The monoisotopic (exact) mass is 562 g/mol. The number of nitrogens with zero attached hydrogens (tertiary/aromatic N) is 1. The average Bonchev–Trinajstić information content (AvgIpc) is 3.29. The van der Waals surface area contributed by atoms with E-state index >= 15 is 0 Å². The standard InChI is InChI=1S/C32H32F2N2O5/c33-27-9-5-10-28(31(27)34)41-19-2-1-18-40-25-16-13-22(14-17-25)12-15-23-6-3-8-26-24(7-4-11-29(35)37)20-36(32(23)26)21-30(38)39/h3,5-6,8-10,12-17,20H,1-2,4,7,11,18-19,21H2,(H2,35,37)(H,38,39)/b15-12+. The van der Waals surface area contributed by atoms with Crippen LogP contribution in [-0.4, -0.2) is 34.8 Å².